The molecule has 1 heterocycles. The summed E-state index contributed by atoms with van der Waals surface area (Å²) in [6, 6.07) is 11.8. The molecule has 0 bridgehead atoms. The lowest BCUT2D eigenvalue weighted by Crippen LogP contribution is -2.03. The van der Waals surface area contributed by atoms with E-state index in [0.29, 0.717) is 22.2 Å². The minimum atomic E-state index is -0.157. The molecule has 0 aliphatic rings. The fourth-order valence-corrected chi connectivity index (χ4v) is 1.59. The summed E-state index contributed by atoms with van der Waals surface area (Å²) in [4.78, 5) is 16.0. The first kappa shape index (κ1) is 11.6. The van der Waals surface area contributed by atoms with Gasteiger partial charge in [0, 0.05) is 5.56 Å². The van der Waals surface area contributed by atoms with Crippen molar-refractivity contribution in [1.82, 2.24) is 4.98 Å². The molecule has 0 aliphatic heterocycles. The topological polar surface area (TPSA) is 39.2 Å². The minimum Gasteiger partial charge on any atom is -0.497 e. The summed E-state index contributed by atoms with van der Waals surface area (Å²) in [5.74, 6) is 0.552. The van der Waals surface area contributed by atoms with Crippen LogP contribution in [-0.2, 0) is 0 Å². The fraction of sp³-hybridized carbons (Fsp3) is 0.0769. The van der Waals surface area contributed by atoms with Crippen LogP contribution in [0.15, 0.2) is 42.5 Å². The number of hydrogen-bond donors (Lipinski definition) is 0. The summed E-state index contributed by atoms with van der Waals surface area (Å²) in [5.41, 5.74) is 0.892. The van der Waals surface area contributed by atoms with Gasteiger partial charge in [-0.15, -0.1) is 0 Å². The van der Waals surface area contributed by atoms with Gasteiger partial charge in [-0.2, -0.15) is 0 Å². The van der Waals surface area contributed by atoms with Crippen LogP contribution in [0, 0.1) is 0 Å². The Morgan fingerprint density at radius 1 is 1.18 bits per heavy atom. The molecule has 0 N–H and O–H groups in total. The first-order valence-corrected chi connectivity index (χ1v) is 5.40. The molecule has 0 saturated carbocycles. The quantitative estimate of drug-likeness (QED) is 0.618. The second kappa shape index (κ2) is 4.97. The molecule has 0 atom stereocenters. The summed E-state index contributed by atoms with van der Waals surface area (Å²) in [6.07, 6.45) is 0. The van der Waals surface area contributed by atoms with Crippen molar-refractivity contribution in [3.05, 3.63) is 58.9 Å². The fourth-order valence-electron chi connectivity index (χ4n) is 1.43. The minimum absolute atomic E-state index is 0.157. The summed E-state index contributed by atoms with van der Waals surface area (Å²) in [7, 11) is 1.58. The van der Waals surface area contributed by atoms with Gasteiger partial charge in [-0.1, -0.05) is 17.7 Å². The molecule has 0 saturated heterocycles. The van der Waals surface area contributed by atoms with Crippen molar-refractivity contribution in [2.45, 2.75) is 0 Å². The molecule has 0 aliphatic carbocycles. The van der Waals surface area contributed by atoms with Gasteiger partial charge < -0.3 is 4.74 Å². The molecule has 4 heteroatoms. The van der Waals surface area contributed by atoms with Gasteiger partial charge in [-0.3, -0.25) is 4.79 Å². The number of methoxy groups -OCH3 is 1. The van der Waals surface area contributed by atoms with E-state index in [9.17, 15) is 4.79 Å². The van der Waals surface area contributed by atoms with Crippen molar-refractivity contribution in [3.8, 4) is 5.75 Å². The number of rotatable bonds is 3. The molecule has 86 valence electrons. The van der Waals surface area contributed by atoms with Crippen LogP contribution in [0.2, 0.25) is 5.15 Å². The number of pyridine rings is 1. The molecule has 1 aromatic heterocycles. The van der Waals surface area contributed by atoms with Crippen LogP contribution in [0.3, 0.4) is 0 Å². The van der Waals surface area contributed by atoms with Crippen molar-refractivity contribution in [2.75, 3.05) is 7.11 Å². The second-order valence-electron chi connectivity index (χ2n) is 3.40. The molecule has 2 rings (SSSR count). The third kappa shape index (κ3) is 2.63. The van der Waals surface area contributed by atoms with Crippen molar-refractivity contribution in [1.29, 1.82) is 0 Å². The van der Waals surface area contributed by atoms with Crippen LogP contribution in [0.4, 0.5) is 0 Å². The average molecular weight is 248 g/mol. The number of ether oxygens (including phenoxy) is 1. The Balaban J connectivity index is 2.30. The van der Waals surface area contributed by atoms with E-state index in [1.54, 1.807) is 49.6 Å². The largest absolute Gasteiger partial charge is 0.497 e. The molecule has 0 radical (unpaired) electrons. The molecule has 0 spiro atoms. The Hall–Kier alpha value is -1.87. The van der Waals surface area contributed by atoms with Crippen LogP contribution in [0.1, 0.15) is 16.1 Å². The molecule has 1 aromatic carbocycles. The van der Waals surface area contributed by atoms with Crippen molar-refractivity contribution >= 4 is 17.4 Å². The van der Waals surface area contributed by atoms with E-state index < -0.39 is 0 Å². The first-order chi connectivity index (χ1) is 8.20. The van der Waals surface area contributed by atoms with Crippen molar-refractivity contribution in [2.24, 2.45) is 0 Å². The number of aromatic nitrogens is 1. The maximum Gasteiger partial charge on any atom is 0.211 e. The predicted octanol–water partition coefficient (Wildman–Crippen LogP) is 2.97. The Bertz CT molecular complexity index is 537. The van der Waals surface area contributed by atoms with Crippen molar-refractivity contribution < 1.29 is 9.53 Å². The maximum atomic E-state index is 12.0. The van der Waals surface area contributed by atoms with E-state index in [0.717, 1.165) is 0 Å². The number of carbonyl (C=O) groups is 1. The van der Waals surface area contributed by atoms with E-state index in [1.807, 2.05) is 0 Å². The zero-order valence-corrected chi connectivity index (χ0v) is 9.94. The number of hydrogen-bond acceptors (Lipinski definition) is 3. The van der Waals surface area contributed by atoms with Crippen LogP contribution in [0.5, 0.6) is 5.75 Å². The second-order valence-corrected chi connectivity index (χ2v) is 3.79. The summed E-state index contributed by atoms with van der Waals surface area (Å²) in [6.45, 7) is 0. The van der Waals surface area contributed by atoms with Gasteiger partial charge in [-0.05, 0) is 36.4 Å². The molecule has 0 amide bonds. The average Bonchev–Trinajstić information content (AvgIpc) is 2.38. The molecule has 0 unspecified atom stereocenters. The highest BCUT2D eigenvalue weighted by molar-refractivity contribution is 6.29. The van der Waals surface area contributed by atoms with Crippen LogP contribution in [-0.4, -0.2) is 17.9 Å². The lowest BCUT2D eigenvalue weighted by molar-refractivity contribution is 0.103. The summed E-state index contributed by atoms with van der Waals surface area (Å²) < 4.78 is 5.03. The SMILES string of the molecule is COc1ccc(C(=O)c2cccc(Cl)n2)cc1. The maximum absolute atomic E-state index is 12.0. The normalized spacial score (nSPS) is 10.0. The third-order valence-electron chi connectivity index (χ3n) is 2.30. The molecular weight excluding hydrogens is 238 g/mol. The molecule has 17 heavy (non-hydrogen) atoms. The monoisotopic (exact) mass is 247 g/mol. The smallest absolute Gasteiger partial charge is 0.211 e. The Labute approximate surface area is 104 Å². The summed E-state index contributed by atoms with van der Waals surface area (Å²) >= 11 is 5.74. The van der Waals surface area contributed by atoms with E-state index in [-0.39, 0.29) is 5.78 Å². The molecular formula is C13H10ClNO2. The van der Waals surface area contributed by atoms with Crippen LogP contribution >= 0.6 is 11.6 Å². The van der Waals surface area contributed by atoms with E-state index in [1.165, 1.54) is 0 Å². The Morgan fingerprint density at radius 2 is 1.88 bits per heavy atom. The number of nitrogens with zero attached hydrogens (tertiary/aromatic N) is 1. The third-order valence-corrected chi connectivity index (χ3v) is 2.51. The highest BCUT2D eigenvalue weighted by atomic mass is 35.5. The van der Waals surface area contributed by atoms with Gasteiger partial charge >= 0.3 is 0 Å². The van der Waals surface area contributed by atoms with Gasteiger partial charge in [0.05, 0.1) is 7.11 Å². The van der Waals surface area contributed by atoms with Gasteiger partial charge in [0.25, 0.3) is 0 Å². The van der Waals surface area contributed by atoms with Crippen molar-refractivity contribution in [3.63, 3.8) is 0 Å². The molecule has 3 nitrogen and oxygen atoms in total. The van der Waals surface area contributed by atoms with Crippen LogP contribution < -0.4 is 4.74 Å². The predicted molar refractivity (Wildman–Crippen MR) is 65.7 cm³/mol. The molecule has 2 aromatic rings. The van der Waals surface area contributed by atoms with E-state index in [4.69, 9.17) is 16.3 Å². The standard InChI is InChI=1S/C13H10ClNO2/c1-17-10-7-5-9(6-8-10)13(16)11-3-2-4-12(14)15-11/h2-8H,1H3. The zero-order chi connectivity index (χ0) is 12.3. The van der Waals surface area contributed by atoms with Crippen LogP contribution in [0.25, 0.3) is 0 Å². The van der Waals surface area contributed by atoms with Gasteiger partial charge in [0.2, 0.25) is 5.78 Å². The number of halogens is 1. The molecule has 0 fully saturated rings. The van der Waals surface area contributed by atoms with E-state index >= 15 is 0 Å². The van der Waals surface area contributed by atoms with Gasteiger partial charge in [0.15, 0.2) is 0 Å². The first-order valence-electron chi connectivity index (χ1n) is 5.02. The number of ketones is 1. The zero-order valence-electron chi connectivity index (χ0n) is 9.18. The Morgan fingerprint density at radius 3 is 2.47 bits per heavy atom. The lowest BCUT2D eigenvalue weighted by atomic mass is 10.1. The van der Waals surface area contributed by atoms with Gasteiger partial charge in [0.1, 0.15) is 16.6 Å². The highest BCUT2D eigenvalue weighted by Gasteiger charge is 2.10. The highest BCUT2D eigenvalue weighted by Crippen LogP contribution is 2.15. The van der Waals surface area contributed by atoms with E-state index in [2.05, 4.69) is 4.98 Å². The summed E-state index contributed by atoms with van der Waals surface area (Å²) in [5, 5.41) is 0.310. The lowest BCUT2D eigenvalue weighted by Gasteiger charge is -2.02. The Kier molecular flexibility index (Phi) is 3.40. The van der Waals surface area contributed by atoms with Gasteiger partial charge in [-0.25, -0.2) is 4.98 Å². The number of benzene rings is 1. The number of carbonyl (C=O) groups excluding carboxylic acids is 1.